The van der Waals surface area contributed by atoms with Gasteiger partial charge in [-0.1, -0.05) is 42.5 Å². The highest BCUT2D eigenvalue weighted by Crippen LogP contribution is 2.50. The van der Waals surface area contributed by atoms with Gasteiger partial charge in [0.15, 0.2) is 0 Å². The summed E-state index contributed by atoms with van der Waals surface area (Å²) in [7, 11) is 1.29. The Bertz CT molecular complexity index is 958. The molecule has 2 aliphatic rings. The Morgan fingerprint density at radius 2 is 1.68 bits per heavy atom. The average molecular weight is 378 g/mol. The van der Waals surface area contributed by atoms with Crippen LogP contribution in [-0.4, -0.2) is 30.4 Å². The van der Waals surface area contributed by atoms with E-state index >= 15 is 0 Å². The number of amides is 2. The van der Waals surface area contributed by atoms with Crippen molar-refractivity contribution >= 4 is 23.5 Å². The zero-order chi connectivity index (χ0) is 20.1. The van der Waals surface area contributed by atoms with Gasteiger partial charge in [0.1, 0.15) is 5.54 Å². The molecule has 0 unspecified atom stereocenters. The number of para-hydroxylation sites is 1. The Morgan fingerprint density at radius 3 is 2.32 bits per heavy atom. The third kappa shape index (κ3) is 2.48. The van der Waals surface area contributed by atoms with Crippen molar-refractivity contribution in [1.29, 1.82) is 0 Å². The van der Waals surface area contributed by atoms with Crippen molar-refractivity contribution in [2.75, 3.05) is 12.0 Å². The highest BCUT2D eigenvalue weighted by Gasteiger charge is 2.67. The molecule has 6 nitrogen and oxygen atoms in total. The molecule has 28 heavy (non-hydrogen) atoms. The highest BCUT2D eigenvalue weighted by atomic mass is 16.5. The summed E-state index contributed by atoms with van der Waals surface area (Å²) in [5, 5.41) is 3.27. The van der Waals surface area contributed by atoms with Gasteiger partial charge in [-0.2, -0.15) is 0 Å². The summed E-state index contributed by atoms with van der Waals surface area (Å²) in [6.07, 6.45) is 0. The number of aryl methyl sites for hydroxylation is 1. The molecule has 0 radical (unpaired) electrons. The smallest absolute Gasteiger partial charge is 0.326 e. The van der Waals surface area contributed by atoms with E-state index in [4.69, 9.17) is 4.74 Å². The SMILES string of the molecule is COC(=O)[C@]1(C)N[C@H](c2ccccc2C)[C@H]2C(=O)N(c3ccccc3)C(=O)[C@H]21. The first kappa shape index (κ1) is 18.4. The van der Waals surface area contributed by atoms with E-state index in [2.05, 4.69) is 5.32 Å². The number of carbonyl (C=O) groups excluding carboxylic acids is 3. The molecule has 1 N–H and O–H groups in total. The molecule has 0 aromatic heterocycles. The van der Waals surface area contributed by atoms with Crippen LogP contribution in [0.2, 0.25) is 0 Å². The van der Waals surface area contributed by atoms with Crippen LogP contribution in [0.15, 0.2) is 54.6 Å². The van der Waals surface area contributed by atoms with E-state index in [1.807, 2.05) is 37.3 Å². The predicted octanol–water partition coefficient (Wildman–Crippen LogP) is 2.38. The lowest BCUT2D eigenvalue weighted by Crippen LogP contribution is -2.54. The van der Waals surface area contributed by atoms with Crippen molar-refractivity contribution in [2.24, 2.45) is 11.8 Å². The summed E-state index contributed by atoms with van der Waals surface area (Å²) < 4.78 is 5.00. The Morgan fingerprint density at radius 1 is 1.04 bits per heavy atom. The zero-order valence-electron chi connectivity index (χ0n) is 16.0. The van der Waals surface area contributed by atoms with Gasteiger partial charge in [0.05, 0.1) is 24.6 Å². The van der Waals surface area contributed by atoms with Gasteiger partial charge in [0.25, 0.3) is 0 Å². The maximum absolute atomic E-state index is 13.4. The second-order valence-corrected chi connectivity index (χ2v) is 7.52. The van der Waals surface area contributed by atoms with Crippen LogP contribution in [-0.2, 0) is 19.1 Å². The fourth-order valence-corrected chi connectivity index (χ4v) is 4.57. The van der Waals surface area contributed by atoms with Gasteiger partial charge in [-0.15, -0.1) is 0 Å². The zero-order valence-corrected chi connectivity index (χ0v) is 16.0. The summed E-state index contributed by atoms with van der Waals surface area (Å²) in [6.45, 7) is 3.60. The minimum atomic E-state index is -1.29. The molecule has 0 aliphatic carbocycles. The summed E-state index contributed by atoms with van der Waals surface area (Å²) in [5.41, 5.74) is 1.12. The fraction of sp³-hybridized carbons (Fsp3) is 0.318. The Kier molecular flexibility index (Phi) is 4.31. The standard InChI is InChI=1S/C22H22N2O4/c1-13-9-7-8-12-15(13)18-16-17(22(2,23-18)21(27)28-3)20(26)24(19(16)25)14-10-5-4-6-11-14/h4-12,16-18,23H,1-3H3/t16-,17-,18+,22+/m0/s1. The van der Waals surface area contributed by atoms with Gasteiger partial charge < -0.3 is 4.74 Å². The van der Waals surface area contributed by atoms with Crippen LogP contribution in [0.4, 0.5) is 5.69 Å². The van der Waals surface area contributed by atoms with Gasteiger partial charge in [-0.3, -0.25) is 19.7 Å². The van der Waals surface area contributed by atoms with E-state index in [-0.39, 0.29) is 11.8 Å². The van der Waals surface area contributed by atoms with E-state index in [0.29, 0.717) is 5.69 Å². The highest BCUT2D eigenvalue weighted by molar-refractivity contribution is 6.24. The number of benzene rings is 2. The molecule has 144 valence electrons. The quantitative estimate of drug-likeness (QED) is 0.656. The number of anilines is 1. The average Bonchev–Trinajstić information content (AvgIpc) is 3.16. The first-order valence-corrected chi connectivity index (χ1v) is 9.24. The number of methoxy groups -OCH3 is 1. The van der Waals surface area contributed by atoms with Gasteiger partial charge in [-0.05, 0) is 37.1 Å². The third-order valence-electron chi connectivity index (χ3n) is 5.93. The lowest BCUT2D eigenvalue weighted by Gasteiger charge is -2.29. The lowest BCUT2D eigenvalue weighted by atomic mass is 9.80. The Balaban J connectivity index is 1.85. The summed E-state index contributed by atoms with van der Waals surface area (Å²) >= 11 is 0. The van der Waals surface area contributed by atoms with E-state index in [1.165, 1.54) is 12.0 Å². The van der Waals surface area contributed by atoms with Crippen molar-refractivity contribution in [3.05, 3.63) is 65.7 Å². The van der Waals surface area contributed by atoms with Crippen LogP contribution in [0.1, 0.15) is 24.1 Å². The van der Waals surface area contributed by atoms with Crippen LogP contribution >= 0.6 is 0 Å². The number of esters is 1. The third-order valence-corrected chi connectivity index (χ3v) is 5.93. The van der Waals surface area contributed by atoms with Crippen molar-refractivity contribution in [3.63, 3.8) is 0 Å². The Hall–Kier alpha value is -2.99. The molecule has 6 heteroatoms. The number of imide groups is 1. The second-order valence-electron chi connectivity index (χ2n) is 7.52. The van der Waals surface area contributed by atoms with E-state index < -0.39 is 29.4 Å². The molecule has 2 aliphatic heterocycles. The van der Waals surface area contributed by atoms with Gasteiger partial charge >= 0.3 is 5.97 Å². The van der Waals surface area contributed by atoms with Gasteiger partial charge in [0.2, 0.25) is 11.8 Å². The molecule has 2 aromatic carbocycles. The molecule has 2 heterocycles. The molecule has 2 fully saturated rings. The van der Waals surface area contributed by atoms with Crippen molar-refractivity contribution in [1.82, 2.24) is 5.32 Å². The van der Waals surface area contributed by atoms with Gasteiger partial charge in [-0.25, -0.2) is 4.90 Å². The number of ether oxygens (including phenoxy) is 1. The molecule has 0 bridgehead atoms. The summed E-state index contributed by atoms with van der Waals surface area (Å²) in [6, 6.07) is 16.1. The van der Waals surface area contributed by atoms with E-state index in [9.17, 15) is 14.4 Å². The summed E-state index contributed by atoms with van der Waals surface area (Å²) in [4.78, 5) is 40.6. The molecule has 4 atom stereocenters. The molecular weight excluding hydrogens is 356 g/mol. The van der Waals surface area contributed by atoms with E-state index in [1.54, 1.807) is 31.2 Å². The number of carbonyl (C=O) groups is 3. The van der Waals surface area contributed by atoms with Crippen molar-refractivity contribution < 1.29 is 19.1 Å². The van der Waals surface area contributed by atoms with Gasteiger partial charge in [0, 0.05) is 6.04 Å². The summed E-state index contributed by atoms with van der Waals surface area (Å²) in [5.74, 6) is -2.74. The molecule has 2 saturated heterocycles. The fourth-order valence-electron chi connectivity index (χ4n) is 4.57. The van der Waals surface area contributed by atoms with Crippen LogP contribution in [0.25, 0.3) is 0 Å². The minimum absolute atomic E-state index is 0.297. The maximum Gasteiger partial charge on any atom is 0.326 e. The first-order valence-electron chi connectivity index (χ1n) is 9.24. The minimum Gasteiger partial charge on any atom is -0.468 e. The maximum atomic E-state index is 13.4. The molecule has 0 spiro atoms. The molecule has 2 aromatic rings. The number of hydrogen-bond donors (Lipinski definition) is 1. The number of hydrogen-bond acceptors (Lipinski definition) is 5. The second kappa shape index (κ2) is 6.56. The number of rotatable bonds is 3. The monoisotopic (exact) mass is 378 g/mol. The number of fused-ring (bicyclic) bond motifs is 1. The molecule has 0 saturated carbocycles. The number of nitrogens with zero attached hydrogens (tertiary/aromatic N) is 1. The lowest BCUT2D eigenvalue weighted by molar-refractivity contribution is -0.151. The van der Waals surface area contributed by atoms with Crippen LogP contribution in [0.5, 0.6) is 0 Å². The molecular formula is C22H22N2O4. The van der Waals surface area contributed by atoms with Crippen molar-refractivity contribution in [3.8, 4) is 0 Å². The number of nitrogens with one attached hydrogen (secondary N) is 1. The Labute approximate surface area is 163 Å². The predicted molar refractivity (Wildman–Crippen MR) is 103 cm³/mol. The van der Waals surface area contributed by atoms with Crippen LogP contribution < -0.4 is 10.2 Å². The first-order chi connectivity index (χ1) is 13.4. The topological polar surface area (TPSA) is 75.7 Å². The van der Waals surface area contributed by atoms with Crippen molar-refractivity contribution in [2.45, 2.75) is 25.4 Å². The van der Waals surface area contributed by atoms with Crippen LogP contribution in [0.3, 0.4) is 0 Å². The molecule has 4 rings (SSSR count). The molecule has 2 amide bonds. The van der Waals surface area contributed by atoms with Crippen LogP contribution in [0, 0.1) is 18.8 Å². The largest absolute Gasteiger partial charge is 0.468 e. The normalized spacial score (nSPS) is 29.1. The van der Waals surface area contributed by atoms with E-state index in [0.717, 1.165) is 11.1 Å².